The highest BCUT2D eigenvalue weighted by Gasteiger charge is 2.45. The number of halogens is 1. The molecular weight excluding hydrogens is 388 g/mol. The van der Waals surface area contributed by atoms with Gasteiger partial charge in [0, 0.05) is 35.3 Å². The van der Waals surface area contributed by atoms with Crippen LogP contribution >= 0.6 is 11.6 Å². The number of ketones is 1. The van der Waals surface area contributed by atoms with Crippen LogP contribution in [0.4, 0.5) is 0 Å². The van der Waals surface area contributed by atoms with Gasteiger partial charge in [0.2, 0.25) is 0 Å². The first-order chi connectivity index (χ1) is 14.0. The lowest BCUT2D eigenvalue weighted by molar-refractivity contribution is 0.0977. The van der Waals surface area contributed by atoms with Crippen LogP contribution in [0.5, 0.6) is 0 Å². The van der Waals surface area contributed by atoms with Gasteiger partial charge in [-0.2, -0.15) is 15.0 Å². The highest BCUT2D eigenvalue weighted by Crippen LogP contribution is 2.48. The summed E-state index contributed by atoms with van der Waals surface area (Å²) < 4.78 is 1.59. The summed E-state index contributed by atoms with van der Waals surface area (Å²) in [6.07, 6.45) is 7.31. The van der Waals surface area contributed by atoms with Gasteiger partial charge in [-0.1, -0.05) is 18.5 Å². The van der Waals surface area contributed by atoms with Gasteiger partial charge < -0.3 is 0 Å². The second-order valence-corrected chi connectivity index (χ2v) is 7.80. The molecular formula is C21H19ClN6O. The molecule has 7 nitrogen and oxygen atoms in total. The van der Waals surface area contributed by atoms with E-state index >= 15 is 0 Å². The predicted molar refractivity (Wildman–Crippen MR) is 107 cm³/mol. The Morgan fingerprint density at radius 3 is 2.72 bits per heavy atom. The van der Waals surface area contributed by atoms with E-state index in [2.05, 4.69) is 26.1 Å². The molecule has 0 aliphatic heterocycles. The van der Waals surface area contributed by atoms with Crippen molar-refractivity contribution in [2.45, 2.75) is 43.9 Å². The van der Waals surface area contributed by atoms with Crippen molar-refractivity contribution in [2.24, 2.45) is 0 Å². The zero-order valence-corrected chi connectivity index (χ0v) is 16.7. The minimum Gasteiger partial charge on any atom is -0.294 e. The lowest BCUT2D eigenvalue weighted by atomic mass is 9.93. The van der Waals surface area contributed by atoms with Crippen LogP contribution in [0.2, 0.25) is 5.02 Å². The second-order valence-electron chi connectivity index (χ2n) is 7.36. The molecule has 0 N–H and O–H groups in total. The van der Waals surface area contributed by atoms with Gasteiger partial charge in [0.15, 0.2) is 5.78 Å². The third kappa shape index (κ3) is 3.89. The van der Waals surface area contributed by atoms with E-state index in [1.165, 1.54) is 6.33 Å². The lowest BCUT2D eigenvalue weighted by Gasteiger charge is -2.12. The normalized spacial score (nSPS) is 15.5. The van der Waals surface area contributed by atoms with E-state index in [0.29, 0.717) is 35.2 Å². The molecule has 0 spiro atoms. The van der Waals surface area contributed by atoms with Crippen LogP contribution < -0.4 is 0 Å². The van der Waals surface area contributed by atoms with E-state index in [1.54, 1.807) is 35.3 Å². The van der Waals surface area contributed by atoms with Crippen LogP contribution in [0, 0.1) is 11.3 Å². The minimum absolute atomic E-state index is 0.00336. The molecule has 3 aromatic rings. The maximum Gasteiger partial charge on any atom is 0.252 e. The topological polar surface area (TPSA) is 97.3 Å². The molecule has 1 fully saturated rings. The molecule has 1 unspecified atom stereocenters. The Morgan fingerprint density at radius 1 is 1.28 bits per heavy atom. The van der Waals surface area contributed by atoms with Crippen molar-refractivity contribution in [1.29, 1.82) is 5.26 Å². The number of aromatic nitrogens is 5. The first-order valence-electron chi connectivity index (χ1n) is 9.45. The largest absolute Gasteiger partial charge is 0.294 e. The molecule has 0 saturated heterocycles. The molecule has 1 aliphatic carbocycles. The van der Waals surface area contributed by atoms with E-state index in [1.807, 2.05) is 13.0 Å². The Morgan fingerprint density at radius 2 is 2.03 bits per heavy atom. The number of Topliss-reactive ketones (excluding diaryl/α,β-unsaturated/α-hetero) is 1. The zero-order chi connectivity index (χ0) is 20.4. The molecule has 0 bridgehead atoms. The highest BCUT2D eigenvalue weighted by atomic mass is 35.5. The first kappa shape index (κ1) is 19.2. The fraction of sp³-hybridized carbons (Fsp3) is 0.333. The fourth-order valence-corrected chi connectivity index (χ4v) is 3.61. The molecule has 146 valence electrons. The Labute approximate surface area is 173 Å². The lowest BCUT2D eigenvalue weighted by Crippen LogP contribution is -2.11. The van der Waals surface area contributed by atoms with Gasteiger partial charge in [0.1, 0.15) is 12.2 Å². The molecule has 1 aromatic carbocycles. The Balaban J connectivity index is 1.47. The van der Waals surface area contributed by atoms with E-state index in [0.717, 1.165) is 18.4 Å². The summed E-state index contributed by atoms with van der Waals surface area (Å²) >= 11 is 6.22. The van der Waals surface area contributed by atoms with E-state index in [-0.39, 0.29) is 11.7 Å². The summed E-state index contributed by atoms with van der Waals surface area (Å²) in [5, 5.41) is 14.1. The number of carbonyl (C=O) groups is 1. The summed E-state index contributed by atoms with van der Waals surface area (Å²) in [6, 6.07) is 9.37. The molecule has 1 saturated carbocycles. The van der Waals surface area contributed by atoms with Crippen LogP contribution in [0.15, 0.2) is 43.0 Å². The van der Waals surface area contributed by atoms with Crippen molar-refractivity contribution >= 4 is 17.4 Å². The van der Waals surface area contributed by atoms with Crippen molar-refractivity contribution < 1.29 is 4.79 Å². The van der Waals surface area contributed by atoms with Gasteiger partial charge in [0.25, 0.3) is 5.95 Å². The van der Waals surface area contributed by atoms with Crippen molar-refractivity contribution in [1.82, 2.24) is 24.7 Å². The van der Waals surface area contributed by atoms with Crippen molar-refractivity contribution in [2.75, 3.05) is 0 Å². The second kappa shape index (κ2) is 7.72. The van der Waals surface area contributed by atoms with Gasteiger partial charge >= 0.3 is 0 Å². The first-order valence-corrected chi connectivity index (χ1v) is 9.83. The third-order valence-electron chi connectivity index (χ3n) is 5.30. The van der Waals surface area contributed by atoms with Crippen LogP contribution in [-0.2, 0) is 5.41 Å². The third-order valence-corrected chi connectivity index (χ3v) is 5.52. The van der Waals surface area contributed by atoms with E-state index < -0.39 is 5.41 Å². The standard InChI is InChI=1S/C21H19ClN6O/c1-14(19-26-13-27-28(19)20-24-7-2-8-25-20)3-4-18(29)15-9-16(11-17(22)10-15)21(12-23)5-6-21/h2,7-11,13-14H,3-6H2,1H3. The fourth-order valence-electron chi connectivity index (χ4n) is 3.38. The van der Waals surface area contributed by atoms with Crippen LogP contribution in [0.25, 0.3) is 5.95 Å². The number of nitrogens with zero attached hydrogens (tertiary/aromatic N) is 6. The summed E-state index contributed by atoms with van der Waals surface area (Å²) in [5.74, 6) is 1.13. The summed E-state index contributed by atoms with van der Waals surface area (Å²) in [5.41, 5.74) is 0.915. The molecule has 4 rings (SSSR count). The highest BCUT2D eigenvalue weighted by molar-refractivity contribution is 6.31. The molecule has 8 heteroatoms. The maximum absolute atomic E-state index is 12.8. The zero-order valence-electron chi connectivity index (χ0n) is 15.9. The number of rotatable bonds is 7. The molecule has 0 amide bonds. The number of nitriles is 1. The van der Waals surface area contributed by atoms with E-state index in [9.17, 15) is 10.1 Å². The van der Waals surface area contributed by atoms with Gasteiger partial charge in [0.05, 0.1) is 11.5 Å². The van der Waals surface area contributed by atoms with Crippen molar-refractivity contribution in [3.05, 3.63) is 65.0 Å². The average molecular weight is 407 g/mol. The van der Waals surface area contributed by atoms with Crippen LogP contribution in [-0.4, -0.2) is 30.5 Å². The van der Waals surface area contributed by atoms with E-state index in [4.69, 9.17) is 11.6 Å². The summed E-state index contributed by atoms with van der Waals surface area (Å²) in [7, 11) is 0. The molecule has 0 radical (unpaired) electrons. The van der Waals surface area contributed by atoms with Crippen molar-refractivity contribution in [3.63, 3.8) is 0 Å². The SMILES string of the molecule is CC(CCC(=O)c1cc(Cl)cc(C2(C#N)CC2)c1)c1ncnn1-c1ncccn1. The minimum atomic E-state index is -0.473. The number of hydrogen-bond acceptors (Lipinski definition) is 6. The van der Waals surface area contributed by atoms with Crippen molar-refractivity contribution in [3.8, 4) is 12.0 Å². The molecule has 2 aromatic heterocycles. The molecule has 1 aliphatic rings. The van der Waals surface area contributed by atoms with Gasteiger partial charge in [-0.05, 0) is 49.1 Å². The maximum atomic E-state index is 12.8. The number of carbonyl (C=O) groups excluding carboxylic acids is 1. The van der Waals surface area contributed by atoms with Crippen LogP contribution in [0.1, 0.15) is 60.3 Å². The number of hydrogen-bond donors (Lipinski definition) is 0. The quantitative estimate of drug-likeness (QED) is 0.549. The summed E-state index contributed by atoms with van der Waals surface area (Å²) in [4.78, 5) is 25.5. The summed E-state index contributed by atoms with van der Waals surface area (Å²) in [6.45, 7) is 2.00. The van der Waals surface area contributed by atoms with Gasteiger partial charge in [-0.3, -0.25) is 4.79 Å². The predicted octanol–water partition coefficient (Wildman–Crippen LogP) is 4.03. The number of benzene rings is 1. The Hall–Kier alpha value is -3.11. The average Bonchev–Trinajstić information content (AvgIpc) is 3.40. The molecule has 1 atom stereocenters. The van der Waals surface area contributed by atoms with Gasteiger partial charge in [-0.15, -0.1) is 0 Å². The monoisotopic (exact) mass is 406 g/mol. The smallest absolute Gasteiger partial charge is 0.252 e. The molecule has 2 heterocycles. The molecule has 29 heavy (non-hydrogen) atoms. The Kier molecular flexibility index (Phi) is 5.12. The van der Waals surface area contributed by atoms with Crippen LogP contribution in [0.3, 0.4) is 0 Å². The van der Waals surface area contributed by atoms with Gasteiger partial charge in [-0.25, -0.2) is 15.0 Å². The Bertz CT molecular complexity index is 1080.